The average Bonchev–Trinajstić information content (AvgIpc) is 2.87. The van der Waals surface area contributed by atoms with Gasteiger partial charge in [0.1, 0.15) is 5.92 Å². The highest BCUT2D eigenvalue weighted by Crippen LogP contribution is 2.25. The molecule has 1 aromatic heterocycles. The van der Waals surface area contributed by atoms with Crippen molar-refractivity contribution in [3.05, 3.63) is 36.5 Å². The standard InChI is InChI=1S/C14H14N2O3/c17-14(18)10-7-19-8-13(10)16-12-5-6-15-11-4-2-1-3-9(11)12/h1-6,10,13H,7-8H2,(H,15,16)(H,17,18). The third-order valence-electron chi connectivity index (χ3n) is 3.39. The SMILES string of the molecule is O=C(O)C1COCC1Nc1ccnc2ccccc12. The van der Waals surface area contributed by atoms with E-state index in [2.05, 4.69) is 10.3 Å². The fraction of sp³-hybridized carbons (Fsp3) is 0.286. The minimum Gasteiger partial charge on any atom is -0.481 e. The molecule has 1 saturated heterocycles. The minimum absolute atomic E-state index is 0.205. The van der Waals surface area contributed by atoms with E-state index in [1.54, 1.807) is 6.20 Å². The van der Waals surface area contributed by atoms with Gasteiger partial charge in [-0.15, -0.1) is 0 Å². The van der Waals surface area contributed by atoms with E-state index < -0.39 is 11.9 Å². The summed E-state index contributed by atoms with van der Waals surface area (Å²) in [5, 5.41) is 13.4. The van der Waals surface area contributed by atoms with Crippen molar-refractivity contribution in [2.45, 2.75) is 6.04 Å². The van der Waals surface area contributed by atoms with Crippen LogP contribution in [0, 0.1) is 5.92 Å². The lowest BCUT2D eigenvalue weighted by molar-refractivity contribution is -0.141. The highest BCUT2D eigenvalue weighted by Gasteiger charge is 2.34. The molecular formula is C14H14N2O3. The number of carbonyl (C=O) groups is 1. The third-order valence-corrected chi connectivity index (χ3v) is 3.39. The number of pyridine rings is 1. The van der Waals surface area contributed by atoms with Crippen molar-refractivity contribution in [1.82, 2.24) is 4.98 Å². The van der Waals surface area contributed by atoms with E-state index >= 15 is 0 Å². The van der Waals surface area contributed by atoms with Crippen LogP contribution >= 0.6 is 0 Å². The smallest absolute Gasteiger partial charge is 0.311 e. The Balaban J connectivity index is 1.91. The van der Waals surface area contributed by atoms with Gasteiger partial charge in [0.25, 0.3) is 0 Å². The lowest BCUT2D eigenvalue weighted by Gasteiger charge is -2.18. The van der Waals surface area contributed by atoms with Crippen molar-refractivity contribution < 1.29 is 14.6 Å². The molecule has 19 heavy (non-hydrogen) atoms. The number of ether oxygens (including phenoxy) is 1. The van der Waals surface area contributed by atoms with Crippen molar-refractivity contribution in [3.8, 4) is 0 Å². The van der Waals surface area contributed by atoms with Gasteiger partial charge < -0.3 is 15.2 Å². The van der Waals surface area contributed by atoms with Crippen LogP contribution in [-0.4, -0.2) is 35.3 Å². The molecule has 5 heteroatoms. The van der Waals surface area contributed by atoms with E-state index in [4.69, 9.17) is 9.84 Å². The summed E-state index contributed by atoms with van der Waals surface area (Å²) < 4.78 is 5.26. The van der Waals surface area contributed by atoms with Crippen LogP contribution in [0.15, 0.2) is 36.5 Å². The largest absolute Gasteiger partial charge is 0.481 e. The number of aromatic nitrogens is 1. The van der Waals surface area contributed by atoms with E-state index in [0.29, 0.717) is 6.61 Å². The monoisotopic (exact) mass is 258 g/mol. The fourth-order valence-electron chi connectivity index (χ4n) is 2.36. The Morgan fingerprint density at radius 3 is 3.00 bits per heavy atom. The van der Waals surface area contributed by atoms with Crippen LogP contribution in [0.5, 0.6) is 0 Å². The number of para-hydroxylation sites is 1. The maximum Gasteiger partial charge on any atom is 0.311 e. The van der Waals surface area contributed by atoms with Crippen LogP contribution in [0.1, 0.15) is 0 Å². The van der Waals surface area contributed by atoms with Gasteiger partial charge in [-0.1, -0.05) is 18.2 Å². The van der Waals surface area contributed by atoms with Crippen LogP contribution in [-0.2, 0) is 9.53 Å². The number of anilines is 1. The van der Waals surface area contributed by atoms with Crippen molar-refractivity contribution in [1.29, 1.82) is 0 Å². The molecule has 1 aliphatic heterocycles. The molecule has 0 saturated carbocycles. The molecule has 2 N–H and O–H groups in total. The topological polar surface area (TPSA) is 71.5 Å². The first-order valence-electron chi connectivity index (χ1n) is 6.16. The van der Waals surface area contributed by atoms with E-state index in [1.807, 2.05) is 30.3 Å². The molecule has 0 aliphatic carbocycles. The van der Waals surface area contributed by atoms with E-state index in [9.17, 15) is 4.79 Å². The zero-order valence-corrected chi connectivity index (χ0v) is 10.2. The van der Waals surface area contributed by atoms with Crippen LogP contribution in [0.3, 0.4) is 0 Å². The Kier molecular flexibility index (Phi) is 3.05. The van der Waals surface area contributed by atoms with Gasteiger partial charge in [-0.2, -0.15) is 0 Å². The molecule has 0 spiro atoms. The van der Waals surface area contributed by atoms with Gasteiger partial charge in [-0.05, 0) is 12.1 Å². The van der Waals surface area contributed by atoms with E-state index in [1.165, 1.54) is 0 Å². The van der Waals surface area contributed by atoms with Gasteiger partial charge >= 0.3 is 5.97 Å². The summed E-state index contributed by atoms with van der Waals surface area (Å²) in [6, 6.07) is 9.42. The van der Waals surface area contributed by atoms with Crippen LogP contribution in [0.4, 0.5) is 5.69 Å². The normalized spacial score (nSPS) is 22.5. The van der Waals surface area contributed by atoms with Gasteiger partial charge in [-0.25, -0.2) is 0 Å². The van der Waals surface area contributed by atoms with Crippen LogP contribution in [0.25, 0.3) is 10.9 Å². The summed E-state index contributed by atoms with van der Waals surface area (Å²) in [5.74, 6) is -1.33. The molecule has 2 heterocycles. The fourth-order valence-corrected chi connectivity index (χ4v) is 2.36. The van der Waals surface area contributed by atoms with E-state index in [-0.39, 0.29) is 12.6 Å². The third kappa shape index (κ3) is 2.24. The molecule has 0 bridgehead atoms. The Bertz CT molecular complexity index is 609. The number of fused-ring (bicyclic) bond motifs is 1. The molecule has 98 valence electrons. The predicted octanol–water partition coefficient (Wildman–Crippen LogP) is 1.75. The summed E-state index contributed by atoms with van der Waals surface area (Å²) in [5.41, 5.74) is 1.78. The zero-order chi connectivity index (χ0) is 13.2. The lowest BCUT2D eigenvalue weighted by atomic mass is 10.0. The Hall–Kier alpha value is -2.14. The molecule has 2 unspecified atom stereocenters. The summed E-state index contributed by atoms with van der Waals surface area (Å²) in [6.45, 7) is 0.670. The highest BCUT2D eigenvalue weighted by atomic mass is 16.5. The Labute approximate surface area is 110 Å². The maximum atomic E-state index is 11.1. The number of benzene rings is 1. The van der Waals surface area contributed by atoms with Gasteiger partial charge in [0.2, 0.25) is 0 Å². The van der Waals surface area contributed by atoms with Crippen molar-refractivity contribution in [3.63, 3.8) is 0 Å². The molecular weight excluding hydrogens is 244 g/mol. The molecule has 5 nitrogen and oxygen atoms in total. The number of rotatable bonds is 3. The maximum absolute atomic E-state index is 11.1. The summed E-state index contributed by atoms with van der Waals surface area (Å²) in [6.07, 6.45) is 1.72. The molecule has 1 aromatic carbocycles. The second kappa shape index (κ2) is 4.85. The number of aliphatic carboxylic acids is 1. The molecule has 1 aliphatic rings. The van der Waals surface area contributed by atoms with Crippen LogP contribution in [0.2, 0.25) is 0 Å². The van der Waals surface area contributed by atoms with E-state index in [0.717, 1.165) is 16.6 Å². The first-order chi connectivity index (χ1) is 9.25. The second-order valence-electron chi connectivity index (χ2n) is 4.61. The number of hydrogen-bond donors (Lipinski definition) is 2. The number of nitrogens with zero attached hydrogens (tertiary/aromatic N) is 1. The summed E-state index contributed by atoms with van der Waals surface area (Å²) >= 11 is 0. The van der Waals surface area contributed by atoms with Gasteiger partial charge in [-0.3, -0.25) is 9.78 Å². The van der Waals surface area contributed by atoms with Crippen molar-refractivity contribution in [2.75, 3.05) is 18.5 Å². The van der Waals surface area contributed by atoms with Gasteiger partial charge in [0, 0.05) is 17.3 Å². The minimum atomic E-state index is -0.826. The summed E-state index contributed by atoms with van der Waals surface area (Å²) in [4.78, 5) is 15.4. The van der Waals surface area contributed by atoms with Crippen molar-refractivity contribution in [2.24, 2.45) is 5.92 Å². The molecule has 0 radical (unpaired) electrons. The quantitative estimate of drug-likeness (QED) is 0.877. The lowest BCUT2D eigenvalue weighted by Crippen LogP contribution is -2.33. The number of nitrogens with one attached hydrogen (secondary N) is 1. The number of carboxylic acids is 1. The van der Waals surface area contributed by atoms with Gasteiger partial charge in [0.15, 0.2) is 0 Å². The highest BCUT2D eigenvalue weighted by molar-refractivity contribution is 5.91. The Morgan fingerprint density at radius 1 is 1.32 bits per heavy atom. The molecule has 2 aromatic rings. The average molecular weight is 258 g/mol. The Morgan fingerprint density at radius 2 is 2.16 bits per heavy atom. The van der Waals surface area contributed by atoms with Crippen LogP contribution < -0.4 is 5.32 Å². The first-order valence-corrected chi connectivity index (χ1v) is 6.16. The second-order valence-corrected chi connectivity index (χ2v) is 4.61. The molecule has 0 amide bonds. The molecule has 2 atom stereocenters. The summed E-state index contributed by atoms with van der Waals surface area (Å²) in [7, 11) is 0. The molecule has 3 rings (SSSR count). The number of hydrogen-bond acceptors (Lipinski definition) is 4. The predicted molar refractivity (Wildman–Crippen MR) is 71.1 cm³/mol. The molecule has 1 fully saturated rings. The van der Waals surface area contributed by atoms with Gasteiger partial charge in [0.05, 0.1) is 24.8 Å². The zero-order valence-electron chi connectivity index (χ0n) is 10.2. The number of carboxylic acid groups (broad SMARTS) is 1. The first kappa shape index (κ1) is 11.9. The van der Waals surface area contributed by atoms with Crippen molar-refractivity contribution >= 4 is 22.6 Å².